The first-order valence-electron chi connectivity index (χ1n) is 6.73. The zero-order chi connectivity index (χ0) is 13.7. The molecule has 0 aromatic carbocycles. The lowest BCUT2D eigenvalue weighted by Crippen LogP contribution is -1.99. The van der Waals surface area contributed by atoms with Crippen molar-refractivity contribution in [2.24, 2.45) is 17.8 Å². The molecule has 102 valence electrons. The topological polar surface area (TPSA) is 0 Å². The average Bonchev–Trinajstić information content (AvgIpc) is 3.08. The van der Waals surface area contributed by atoms with Gasteiger partial charge in [-0.3, -0.25) is 0 Å². The fraction of sp³-hybridized carbons (Fsp3) is 1.00. The predicted molar refractivity (Wildman–Crippen MR) is 71.1 cm³/mol. The molecule has 2 heteroatoms. The molecule has 0 saturated heterocycles. The molecule has 1 aliphatic carbocycles. The van der Waals surface area contributed by atoms with Crippen LogP contribution >= 0.6 is 0 Å². The van der Waals surface area contributed by atoms with Crippen LogP contribution in [0.3, 0.4) is 0 Å². The van der Waals surface area contributed by atoms with Gasteiger partial charge < -0.3 is 0 Å². The molecule has 0 atom stereocenters. The molecule has 1 fully saturated rings. The summed E-state index contributed by atoms with van der Waals surface area (Å²) in [7, 11) is 0. The molecule has 0 aromatic heterocycles. The van der Waals surface area contributed by atoms with E-state index in [0.717, 1.165) is 11.8 Å². The number of alkyl halides is 2. The molecular weight excluding hydrogens is 206 g/mol. The van der Waals surface area contributed by atoms with Crippen molar-refractivity contribution < 1.29 is 8.78 Å². The molecule has 0 unspecified atom stereocenters. The van der Waals surface area contributed by atoms with Crippen LogP contribution in [0.5, 0.6) is 0 Å². The van der Waals surface area contributed by atoms with Crippen LogP contribution in [0.15, 0.2) is 0 Å². The summed E-state index contributed by atoms with van der Waals surface area (Å²) in [5, 5.41) is 0. The van der Waals surface area contributed by atoms with Gasteiger partial charge in [0.1, 0.15) is 0 Å². The molecule has 0 amide bonds. The van der Waals surface area contributed by atoms with E-state index in [2.05, 4.69) is 13.8 Å². The first-order chi connectivity index (χ1) is 7.45. The first-order valence-corrected chi connectivity index (χ1v) is 6.73. The summed E-state index contributed by atoms with van der Waals surface area (Å²) < 4.78 is 22.3. The summed E-state index contributed by atoms with van der Waals surface area (Å²) in [4.78, 5) is 0. The molecule has 0 nitrogen and oxygen atoms in total. The van der Waals surface area contributed by atoms with Crippen molar-refractivity contribution in [3.8, 4) is 0 Å². The first kappa shape index (κ1) is 21.2. The largest absolute Gasteiger partial charge is 0.240 e. The van der Waals surface area contributed by atoms with Gasteiger partial charge in [0.15, 0.2) is 0 Å². The van der Waals surface area contributed by atoms with Gasteiger partial charge in [-0.25, -0.2) is 8.78 Å². The minimum Gasteiger partial charge on any atom is -0.210 e. The molecule has 0 heterocycles. The third kappa shape index (κ3) is 19.4. The minimum atomic E-state index is -2.15. The summed E-state index contributed by atoms with van der Waals surface area (Å²) >= 11 is 0. The van der Waals surface area contributed by atoms with E-state index in [9.17, 15) is 8.78 Å². The summed E-state index contributed by atoms with van der Waals surface area (Å²) in [6, 6.07) is 0. The molecule has 0 N–H and O–H groups in total. The van der Waals surface area contributed by atoms with Gasteiger partial charge >= 0.3 is 0 Å². The van der Waals surface area contributed by atoms with E-state index in [4.69, 9.17) is 0 Å². The highest BCUT2D eigenvalue weighted by Gasteiger charge is 2.23. The van der Waals surface area contributed by atoms with E-state index in [0.29, 0.717) is 0 Å². The highest BCUT2D eigenvalue weighted by Crippen LogP contribution is 2.35. The SMILES string of the molecule is CC.CC.CC(C)C(F)F.CC(C)C1CC1. The molecule has 0 radical (unpaired) electrons. The summed E-state index contributed by atoms with van der Waals surface area (Å²) in [6.45, 7) is 15.6. The summed E-state index contributed by atoms with van der Waals surface area (Å²) in [6.07, 6.45) is 0.847. The Morgan fingerprint density at radius 2 is 1.06 bits per heavy atom. The molecule has 0 aliphatic heterocycles. The fourth-order valence-electron chi connectivity index (χ4n) is 0.763. The predicted octanol–water partition coefficient (Wildman–Crippen LogP) is 6.01. The van der Waals surface area contributed by atoms with Crippen LogP contribution in [0.25, 0.3) is 0 Å². The zero-order valence-electron chi connectivity index (χ0n) is 12.5. The highest BCUT2D eigenvalue weighted by atomic mass is 19.3. The van der Waals surface area contributed by atoms with E-state index >= 15 is 0 Å². The van der Waals surface area contributed by atoms with Gasteiger partial charge in [-0.1, -0.05) is 55.4 Å². The Balaban J connectivity index is -0.000000162. The highest BCUT2D eigenvalue weighted by molar-refractivity contribution is 4.75. The van der Waals surface area contributed by atoms with Gasteiger partial charge in [-0.05, 0) is 24.7 Å². The molecule has 0 bridgehead atoms. The van der Waals surface area contributed by atoms with Crippen LogP contribution in [0.1, 0.15) is 68.2 Å². The van der Waals surface area contributed by atoms with Gasteiger partial charge in [-0.15, -0.1) is 0 Å². The quantitative estimate of drug-likeness (QED) is 0.552. The summed E-state index contributed by atoms with van der Waals surface area (Å²) in [5.41, 5.74) is 0. The van der Waals surface area contributed by atoms with E-state index < -0.39 is 12.3 Å². The third-order valence-electron chi connectivity index (χ3n) is 2.07. The van der Waals surface area contributed by atoms with Gasteiger partial charge in [-0.2, -0.15) is 0 Å². The number of halogens is 2. The van der Waals surface area contributed by atoms with Crippen molar-refractivity contribution in [2.75, 3.05) is 0 Å². The Bertz CT molecular complexity index is 91.0. The lowest BCUT2D eigenvalue weighted by atomic mass is 10.1. The van der Waals surface area contributed by atoms with Gasteiger partial charge in [0.2, 0.25) is 6.43 Å². The van der Waals surface area contributed by atoms with Crippen LogP contribution in [-0.4, -0.2) is 6.43 Å². The lowest BCUT2D eigenvalue weighted by molar-refractivity contribution is 0.0955. The monoisotopic (exact) mass is 238 g/mol. The molecular formula is C14H32F2. The maximum absolute atomic E-state index is 11.2. The van der Waals surface area contributed by atoms with Crippen LogP contribution < -0.4 is 0 Å². The van der Waals surface area contributed by atoms with Crippen molar-refractivity contribution in [2.45, 2.75) is 74.7 Å². The van der Waals surface area contributed by atoms with E-state index in [1.165, 1.54) is 26.7 Å². The van der Waals surface area contributed by atoms with Crippen molar-refractivity contribution >= 4 is 0 Å². The van der Waals surface area contributed by atoms with Crippen LogP contribution in [-0.2, 0) is 0 Å². The Morgan fingerprint density at radius 1 is 0.812 bits per heavy atom. The van der Waals surface area contributed by atoms with Crippen LogP contribution in [0, 0.1) is 17.8 Å². The fourth-order valence-corrected chi connectivity index (χ4v) is 0.763. The van der Waals surface area contributed by atoms with Crippen LogP contribution in [0.4, 0.5) is 8.78 Å². The second-order valence-corrected chi connectivity index (χ2v) is 4.16. The number of rotatable bonds is 2. The molecule has 1 saturated carbocycles. The van der Waals surface area contributed by atoms with Crippen LogP contribution in [0.2, 0.25) is 0 Å². The number of hydrogen-bond acceptors (Lipinski definition) is 0. The molecule has 1 rings (SSSR count). The van der Waals surface area contributed by atoms with Crippen molar-refractivity contribution in [3.05, 3.63) is 0 Å². The van der Waals surface area contributed by atoms with Crippen molar-refractivity contribution in [1.29, 1.82) is 0 Å². The zero-order valence-corrected chi connectivity index (χ0v) is 12.5. The maximum atomic E-state index is 11.2. The van der Waals surface area contributed by atoms with Crippen molar-refractivity contribution in [3.63, 3.8) is 0 Å². The van der Waals surface area contributed by atoms with Gasteiger partial charge in [0, 0.05) is 5.92 Å². The molecule has 16 heavy (non-hydrogen) atoms. The third-order valence-corrected chi connectivity index (χ3v) is 2.07. The van der Waals surface area contributed by atoms with E-state index in [1.807, 2.05) is 27.7 Å². The Labute approximate surface area is 102 Å². The second kappa shape index (κ2) is 14.9. The van der Waals surface area contributed by atoms with E-state index in [1.54, 1.807) is 0 Å². The van der Waals surface area contributed by atoms with Crippen molar-refractivity contribution in [1.82, 2.24) is 0 Å². The Morgan fingerprint density at radius 3 is 1.06 bits per heavy atom. The number of hydrogen-bond donors (Lipinski definition) is 0. The van der Waals surface area contributed by atoms with E-state index in [-0.39, 0.29) is 0 Å². The molecule has 1 aliphatic rings. The average molecular weight is 238 g/mol. The second-order valence-electron chi connectivity index (χ2n) is 4.16. The molecule has 0 aromatic rings. The maximum Gasteiger partial charge on any atom is 0.240 e. The normalized spacial score (nSPS) is 13.3. The standard InChI is InChI=1S/C6H12.C4H8F2.2C2H6/c1-5(2)6-3-4-6;1-3(2)4(5)6;2*1-2/h5-6H,3-4H2,1-2H3;3-4H,1-2H3;2*1-2H3. The smallest absolute Gasteiger partial charge is 0.210 e. The Kier molecular flexibility index (Phi) is 19.7. The summed E-state index contributed by atoms with van der Waals surface area (Å²) in [5.74, 6) is 1.58. The minimum absolute atomic E-state index is 0.481. The molecule has 0 spiro atoms. The van der Waals surface area contributed by atoms with Gasteiger partial charge in [0.05, 0.1) is 0 Å². The van der Waals surface area contributed by atoms with Gasteiger partial charge in [0.25, 0.3) is 0 Å². The Hall–Kier alpha value is -0.140. The lowest BCUT2D eigenvalue weighted by Gasteiger charge is -1.97.